The largest absolute Gasteiger partial charge is 0.381 e. The molecule has 4 amide bonds. The Labute approximate surface area is 243 Å². The summed E-state index contributed by atoms with van der Waals surface area (Å²) in [4.78, 5) is 47.6. The van der Waals surface area contributed by atoms with Gasteiger partial charge < -0.3 is 15.0 Å². The van der Waals surface area contributed by atoms with E-state index in [0.717, 1.165) is 39.9 Å². The first-order valence-corrected chi connectivity index (χ1v) is 14.5. The van der Waals surface area contributed by atoms with E-state index >= 15 is 0 Å². The number of rotatable bonds is 10. The molecular formula is C33H33FN4O4. The molecule has 1 aromatic heterocycles. The van der Waals surface area contributed by atoms with Gasteiger partial charge in [0.25, 0.3) is 11.8 Å². The van der Waals surface area contributed by atoms with E-state index in [0.29, 0.717) is 38.2 Å². The number of carbonyl (C=O) groups is 3. The summed E-state index contributed by atoms with van der Waals surface area (Å²) >= 11 is 0. The fourth-order valence-corrected chi connectivity index (χ4v) is 5.97. The van der Waals surface area contributed by atoms with Crippen LogP contribution in [0.4, 0.5) is 14.9 Å². The van der Waals surface area contributed by atoms with Gasteiger partial charge in [0.2, 0.25) is 0 Å². The number of carbonyl (C=O) groups excluding carboxylic acids is 3. The van der Waals surface area contributed by atoms with Crippen LogP contribution in [0, 0.1) is 5.82 Å². The van der Waals surface area contributed by atoms with E-state index in [9.17, 15) is 18.8 Å². The predicted molar refractivity (Wildman–Crippen MR) is 158 cm³/mol. The van der Waals surface area contributed by atoms with Gasteiger partial charge in [-0.2, -0.15) is 0 Å². The number of nitrogens with one attached hydrogen (secondary N) is 2. The number of aromatic nitrogens is 1. The number of para-hydroxylation sites is 2. The Hall–Kier alpha value is -4.50. The molecule has 2 aliphatic heterocycles. The highest BCUT2D eigenvalue weighted by molar-refractivity contribution is 6.24. The highest BCUT2D eigenvalue weighted by atomic mass is 19.1. The molecule has 3 aromatic carbocycles. The second kappa shape index (κ2) is 11.8. The number of hydrogen-bond acceptors (Lipinski definition) is 4. The Morgan fingerprint density at radius 2 is 1.74 bits per heavy atom. The average Bonchev–Trinajstić information content (AvgIpc) is 3.50. The van der Waals surface area contributed by atoms with Crippen LogP contribution in [-0.4, -0.2) is 53.5 Å². The molecule has 0 unspecified atom stereocenters. The molecule has 6 rings (SSSR count). The molecule has 4 aromatic rings. The Kier molecular flexibility index (Phi) is 7.75. The topological polar surface area (TPSA) is 94.7 Å². The molecule has 9 heteroatoms. The Morgan fingerprint density at radius 1 is 1.00 bits per heavy atom. The van der Waals surface area contributed by atoms with Crippen molar-refractivity contribution in [1.29, 1.82) is 0 Å². The van der Waals surface area contributed by atoms with Crippen molar-refractivity contribution in [3.05, 3.63) is 101 Å². The molecule has 2 atom stereocenters. The number of amides is 4. The van der Waals surface area contributed by atoms with E-state index in [1.165, 1.54) is 12.1 Å². The van der Waals surface area contributed by atoms with Gasteiger partial charge in [0.15, 0.2) is 0 Å². The van der Waals surface area contributed by atoms with Crippen LogP contribution >= 0.6 is 0 Å². The summed E-state index contributed by atoms with van der Waals surface area (Å²) in [7, 11) is 0. The van der Waals surface area contributed by atoms with E-state index in [2.05, 4.69) is 17.2 Å². The molecule has 2 aliphatic rings. The number of H-pyrrole nitrogens is 1. The van der Waals surface area contributed by atoms with Gasteiger partial charge in [0, 0.05) is 42.8 Å². The molecule has 0 saturated carbocycles. The third-order valence-corrected chi connectivity index (χ3v) is 8.02. The lowest BCUT2D eigenvalue weighted by Crippen LogP contribution is -2.44. The van der Waals surface area contributed by atoms with Gasteiger partial charge in [0.05, 0.1) is 11.3 Å². The minimum atomic E-state index is -0.782. The van der Waals surface area contributed by atoms with Crippen LogP contribution in [0.1, 0.15) is 59.4 Å². The molecule has 0 spiro atoms. The predicted octanol–water partition coefficient (Wildman–Crippen LogP) is 5.73. The standard InChI is InChI=1S/C33H33FN4O4/c1-2-3-18-42-19-8-17-35-31(39)24-10-5-7-12-27(24)38-32(40)28-20-25-23-9-4-6-11-26(23)36-29(25)30(37(28)33(38)41)21-13-15-22(34)16-14-21/h4-7,9-16,28,30,36H,2-3,8,17-20H2,1H3,(H,35,39)/t28-,30-/m0/s1. The van der Waals surface area contributed by atoms with Gasteiger partial charge in [-0.25, -0.2) is 14.1 Å². The number of imide groups is 1. The summed E-state index contributed by atoms with van der Waals surface area (Å²) in [6.07, 6.45) is 3.04. The summed E-state index contributed by atoms with van der Waals surface area (Å²) in [5, 5.41) is 3.88. The maximum atomic E-state index is 14.2. The molecule has 216 valence electrons. The summed E-state index contributed by atoms with van der Waals surface area (Å²) in [5.74, 6) is -1.15. The first-order valence-electron chi connectivity index (χ1n) is 14.5. The molecule has 42 heavy (non-hydrogen) atoms. The highest BCUT2D eigenvalue weighted by Crippen LogP contribution is 2.45. The number of benzene rings is 3. The number of anilines is 1. The molecule has 0 aliphatic carbocycles. The van der Waals surface area contributed by atoms with Crippen LogP contribution in [0.5, 0.6) is 0 Å². The second-order valence-electron chi connectivity index (χ2n) is 10.7. The first-order chi connectivity index (χ1) is 20.5. The van der Waals surface area contributed by atoms with E-state index in [1.807, 2.05) is 24.3 Å². The first kappa shape index (κ1) is 27.7. The summed E-state index contributed by atoms with van der Waals surface area (Å²) in [6.45, 7) is 3.75. The van der Waals surface area contributed by atoms with Crippen LogP contribution in [-0.2, 0) is 16.0 Å². The monoisotopic (exact) mass is 568 g/mol. The van der Waals surface area contributed by atoms with Crippen LogP contribution in [0.2, 0.25) is 0 Å². The lowest BCUT2D eigenvalue weighted by molar-refractivity contribution is -0.120. The molecule has 1 fully saturated rings. The van der Waals surface area contributed by atoms with Gasteiger partial charge >= 0.3 is 6.03 Å². The third-order valence-electron chi connectivity index (χ3n) is 8.02. The number of halogens is 1. The minimum absolute atomic E-state index is 0.241. The zero-order valence-electron chi connectivity index (χ0n) is 23.4. The molecular weight excluding hydrogens is 535 g/mol. The van der Waals surface area contributed by atoms with E-state index in [-0.39, 0.29) is 23.0 Å². The fourth-order valence-electron chi connectivity index (χ4n) is 5.97. The smallest absolute Gasteiger partial charge is 0.332 e. The molecule has 2 N–H and O–H groups in total. The van der Waals surface area contributed by atoms with Crippen molar-refractivity contribution in [3.8, 4) is 0 Å². The molecule has 8 nitrogen and oxygen atoms in total. The summed E-state index contributed by atoms with van der Waals surface area (Å²) in [5.41, 5.74) is 3.83. The summed E-state index contributed by atoms with van der Waals surface area (Å²) in [6, 6.07) is 18.5. The maximum Gasteiger partial charge on any atom is 0.332 e. The van der Waals surface area contributed by atoms with Crippen molar-refractivity contribution in [2.45, 2.75) is 44.7 Å². The lowest BCUT2D eigenvalue weighted by atomic mass is 9.89. The average molecular weight is 569 g/mol. The van der Waals surface area contributed by atoms with Crippen LogP contribution in [0.15, 0.2) is 72.8 Å². The summed E-state index contributed by atoms with van der Waals surface area (Å²) < 4.78 is 19.5. The third kappa shape index (κ3) is 4.94. The Bertz CT molecular complexity index is 1630. The van der Waals surface area contributed by atoms with Crippen LogP contribution in [0.25, 0.3) is 10.9 Å². The number of unbranched alkanes of at least 4 members (excludes halogenated alkanes) is 1. The van der Waals surface area contributed by atoms with Crippen LogP contribution in [0.3, 0.4) is 0 Å². The van der Waals surface area contributed by atoms with Crippen LogP contribution < -0.4 is 10.2 Å². The van der Waals surface area contributed by atoms with Crippen molar-refractivity contribution in [3.63, 3.8) is 0 Å². The van der Waals surface area contributed by atoms with Crippen molar-refractivity contribution in [2.75, 3.05) is 24.7 Å². The number of urea groups is 1. The Balaban J connectivity index is 1.31. The molecule has 1 saturated heterocycles. The van der Waals surface area contributed by atoms with Crippen molar-refractivity contribution in [2.24, 2.45) is 0 Å². The van der Waals surface area contributed by atoms with E-state index in [4.69, 9.17) is 4.74 Å². The molecule has 0 radical (unpaired) electrons. The van der Waals surface area contributed by atoms with Crippen molar-refractivity contribution < 1.29 is 23.5 Å². The minimum Gasteiger partial charge on any atom is -0.381 e. The molecule has 0 bridgehead atoms. The second-order valence-corrected chi connectivity index (χ2v) is 10.7. The van der Waals surface area contributed by atoms with Gasteiger partial charge in [-0.15, -0.1) is 0 Å². The number of ether oxygens (including phenoxy) is 1. The zero-order valence-corrected chi connectivity index (χ0v) is 23.4. The normalized spacial score (nSPS) is 18.0. The number of nitrogens with zero attached hydrogens (tertiary/aromatic N) is 2. The van der Waals surface area contributed by atoms with Gasteiger partial charge in [-0.1, -0.05) is 55.8 Å². The zero-order chi connectivity index (χ0) is 29.2. The number of hydrogen-bond donors (Lipinski definition) is 2. The van der Waals surface area contributed by atoms with Gasteiger partial charge in [-0.3, -0.25) is 14.5 Å². The number of aromatic amines is 1. The van der Waals surface area contributed by atoms with E-state index < -0.39 is 24.0 Å². The quantitative estimate of drug-likeness (QED) is 0.189. The Morgan fingerprint density at radius 3 is 2.55 bits per heavy atom. The highest BCUT2D eigenvalue weighted by Gasteiger charge is 2.53. The molecule has 3 heterocycles. The van der Waals surface area contributed by atoms with Crippen molar-refractivity contribution >= 4 is 34.4 Å². The lowest BCUT2D eigenvalue weighted by Gasteiger charge is -2.36. The SMILES string of the molecule is CCCCOCCCNC(=O)c1ccccc1N1C(=O)[C@@H]2Cc3c([nH]c4ccccc34)[C@H](c3ccc(F)cc3)N2C1=O. The maximum absolute atomic E-state index is 14.2. The van der Waals surface area contributed by atoms with Crippen molar-refractivity contribution in [1.82, 2.24) is 15.2 Å². The fraction of sp³-hybridized carbons (Fsp3) is 0.303. The number of fused-ring (bicyclic) bond motifs is 4. The van der Waals surface area contributed by atoms with Gasteiger partial charge in [-0.05, 0) is 54.3 Å². The van der Waals surface area contributed by atoms with Gasteiger partial charge in [0.1, 0.15) is 17.9 Å². The van der Waals surface area contributed by atoms with E-state index in [1.54, 1.807) is 41.3 Å².